The summed E-state index contributed by atoms with van der Waals surface area (Å²) in [5.74, 6) is -1.63. The van der Waals surface area contributed by atoms with Gasteiger partial charge in [-0.2, -0.15) is 13.2 Å². The molecule has 0 aromatic heterocycles. The van der Waals surface area contributed by atoms with E-state index in [1.165, 1.54) is 0 Å². The molecule has 12 heavy (non-hydrogen) atoms. The second kappa shape index (κ2) is 3.46. The molecule has 1 nitrogen and oxygen atoms in total. The highest BCUT2D eigenvalue weighted by molar-refractivity contribution is 5.83. The van der Waals surface area contributed by atoms with Gasteiger partial charge in [0.25, 0.3) is 0 Å². The Labute approximate surface area is 70.0 Å². The number of carbonyl (C=O) groups is 1. The van der Waals surface area contributed by atoms with Gasteiger partial charge in [0.15, 0.2) is 0 Å². The minimum atomic E-state index is -4.66. The summed E-state index contributed by atoms with van der Waals surface area (Å²) < 4.78 is 35.0. The third kappa shape index (κ3) is 5.16. The van der Waals surface area contributed by atoms with E-state index in [0.29, 0.717) is 0 Å². The molecule has 0 bridgehead atoms. The zero-order chi connectivity index (χ0) is 9.99. The molecule has 72 valence electrons. The van der Waals surface area contributed by atoms with E-state index in [9.17, 15) is 18.0 Å². The molecule has 0 unspecified atom stereocenters. The number of rotatable bonds is 2. The molecule has 0 atom stereocenters. The van der Waals surface area contributed by atoms with Crippen molar-refractivity contribution in [3.8, 4) is 0 Å². The maximum absolute atomic E-state index is 11.7. The Morgan fingerprint density at radius 3 is 1.83 bits per heavy atom. The van der Waals surface area contributed by atoms with Crippen LogP contribution in [0.1, 0.15) is 33.6 Å². The van der Waals surface area contributed by atoms with Crippen LogP contribution >= 0.6 is 0 Å². The number of Topliss-reactive ketones (excluding diaryl/α,β-unsaturated/α-hetero) is 1. The normalized spacial score (nSPS) is 13.2. The maximum atomic E-state index is 11.7. The quantitative estimate of drug-likeness (QED) is 0.641. The lowest BCUT2D eigenvalue weighted by molar-refractivity contribution is -0.171. The fourth-order valence-electron chi connectivity index (χ4n) is 0.630. The van der Waals surface area contributed by atoms with Gasteiger partial charge in [0, 0.05) is 6.42 Å². The second-order valence-corrected chi connectivity index (χ2v) is 3.98. The lowest BCUT2D eigenvalue weighted by Gasteiger charge is -2.17. The molecular formula is C8H13F3O. The summed E-state index contributed by atoms with van der Waals surface area (Å²) in [5, 5.41) is 0. The first-order valence-corrected chi connectivity index (χ1v) is 3.73. The average Bonchev–Trinajstić information content (AvgIpc) is 1.78. The van der Waals surface area contributed by atoms with Gasteiger partial charge in [0.1, 0.15) is 0 Å². The molecule has 0 amide bonds. The summed E-state index contributed by atoms with van der Waals surface area (Å²) in [5.41, 5.74) is -0.221. The topological polar surface area (TPSA) is 17.1 Å². The van der Waals surface area contributed by atoms with Crippen LogP contribution in [0.15, 0.2) is 0 Å². The fourth-order valence-corrected chi connectivity index (χ4v) is 0.630. The van der Waals surface area contributed by atoms with E-state index >= 15 is 0 Å². The number of alkyl halides is 3. The molecule has 0 spiro atoms. The van der Waals surface area contributed by atoms with Gasteiger partial charge in [0.2, 0.25) is 5.78 Å². The van der Waals surface area contributed by atoms with Crippen molar-refractivity contribution in [2.75, 3.05) is 0 Å². The Kier molecular flexibility index (Phi) is 3.30. The van der Waals surface area contributed by atoms with Gasteiger partial charge >= 0.3 is 6.18 Å². The highest BCUT2D eigenvalue weighted by atomic mass is 19.4. The summed E-state index contributed by atoms with van der Waals surface area (Å²) in [6.45, 7) is 5.41. The first-order valence-electron chi connectivity index (χ1n) is 3.73. The molecule has 4 heteroatoms. The van der Waals surface area contributed by atoms with Crippen molar-refractivity contribution in [3.05, 3.63) is 0 Å². The summed E-state index contributed by atoms with van der Waals surface area (Å²) in [6.07, 6.45) is -4.80. The Morgan fingerprint density at radius 1 is 1.17 bits per heavy atom. The van der Waals surface area contributed by atoms with Crippen LogP contribution < -0.4 is 0 Å². The number of carbonyl (C=O) groups excluding carboxylic acids is 1. The van der Waals surface area contributed by atoms with Gasteiger partial charge in [0.05, 0.1) is 0 Å². The predicted molar refractivity (Wildman–Crippen MR) is 39.8 cm³/mol. The van der Waals surface area contributed by atoms with Crippen molar-refractivity contribution in [1.82, 2.24) is 0 Å². The van der Waals surface area contributed by atoms with Crippen molar-refractivity contribution in [2.24, 2.45) is 5.41 Å². The molecule has 0 aliphatic heterocycles. The molecule has 0 aromatic rings. The minimum Gasteiger partial charge on any atom is -0.290 e. The molecule has 0 fully saturated rings. The Morgan fingerprint density at radius 2 is 1.58 bits per heavy atom. The van der Waals surface area contributed by atoms with Crippen LogP contribution in [0, 0.1) is 5.41 Å². The first kappa shape index (κ1) is 11.5. The molecule has 0 N–H and O–H groups in total. The Hall–Kier alpha value is -0.540. The lowest BCUT2D eigenvalue weighted by atomic mass is 9.89. The lowest BCUT2D eigenvalue weighted by Crippen LogP contribution is -2.23. The van der Waals surface area contributed by atoms with E-state index in [1.807, 2.05) is 0 Å². The monoisotopic (exact) mass is 182 g/mol. The molecule has 0 radical (unpaired) electrons. The minimum absolute atomic E-state index is 0.221. The van der Waals surface area contributed by atoms with Crippen LogP contribution in [-0.2, 0) is 4.79 Å². The summed E-state index contributed by atoms with van der Waals surface area (Å²) in [6, 6.07) is 0. The first-order chi connectivity index (χ1) is 5.13. The van der Waals surface area contributed by atoms with E-state index in [0.717, 1.165) is 0 Å². The van der Waals surface area contributed by atoms with E-state index < -0.39 is 18.4 Å². The van der Waals surface area contributed by atoms with Crippen molar-refractivity contribution in [3.63, 3.8) is 0 Å². The SMILES string of the molecule is CC(C)(C)CCC(=O)C(F)(F)F. The zero-order valence-corrected chi connectivity index (χ0v) is 7.46. The second-order valence-electron chi connectivity index (χ2n) is 3.98. The van der Waals surface area contributed by atoms with Crippen LogP contribution in [-0.4, -0.2) is 12.0 Å². The van der Waals surface area contributed by atoms with Crippen LogP contribution in [0.4, 0.5) is 13.2 Å². The van der Waals surface area contributed by atoms with Gasteiger partial charge in [-0.15, -0.1) is 0 Å². The van der Waals surface area contributed by atoms with Gasteiger partial charge in [-0.25, -0.2) is 0 Å². The third-order valence-electron chi connectivity index (χ3n) is 1.42. The van der Waals surface area contributed by atoms with Gasteiger partial charge in [-0.3, -0.25) is 4.79 Å². The van der Waals surface area contributed by atoms with E-state index in [2.05, 4.69) is 0 Å². The fraction of sp³-hybridized carbons (Fsp3) is 0.875. The average molecular weight is 182 g/mol. The van der Waals surface area contributed by atoms with E-state index in [-0.39, 0.29) is 11.8 Å². The number of hydrogen-bond acceptors (Lipinski definition) is 1. The standard InChI is InChI=1S/C8H13F3O/c1-7(2,3)5-4-6(12)8(9,10)11/h4-5H2,1-3H3. The Balaban J connectivity index is 3.90. The molecule has 0 saturated carbocycles. The highest BCUT2D eigenvalue weighted by Gasteiger charge is 2.37. The molecule has 0 saturated heterocycles. The smallest absolute Gasteiger partial charge is 0.290 e. The van der Waals surface area contributed by atoms with Crippen LogP contribution in [0.5, 0.6) is 0 Å². The molecule has 0 rings (SSSR count). The molecule has 0 aliphatic carbocycles. The van der Waals surface area contributed by atoms with E-state index in [4.69, 9.17) is 0 Å². The molecule has 0 heterocycles. The van der Waals surface area contributed by atoms with Crippen molar-refractivity contribution < 1.29 is 18.0 Å². The number of halogens is 3. The van der Waals surface area contributed by atoms with Crippen LogP contribution in [0.2, 0.25) is 0 Å². The van der Waals surface area contributed by atoms with Crippen molar-refractivity contribution >= 4 is 5.78 Å². The summed E-state index contributed by atoms with van der Waals surface area (Å²) in [4.78, 5) is 10.4. The van der Waals surface area contributed by atoms with Gasteiger partial charge in [-0.05, 0) is 11.8 Å². The largest absolute Gasteiger partial charge is 0.449 e. The predicted octanol–water partition coefficient (Wildman–Crippen LogP) is 2.94. The Bertz CT molecular complexity index is 164. The van der Waals surface area contributed by atoms with Gasteiger partial charge in [-0.1, -0.05) is 20.8 Å². The van der Waals surface area contributed by atoms with Crippen LogP contribution in [0.25, 0.3) is 0 Å². The number of ketones is 1. The summed E-state index contributed by atoms with van der Waals surface area (Å²) in [7, 11) is 0. The van der Waals surface area contributed by atoms with Crippen LogP contribution in [0.3, 0.4) is 0 Å². The third-order valence-corrected chi connectivity index (χ3v) is 1.42. The van der Waals surface area contributed by atoms with Crippen molar-refractivity contribution in [1.29, 1.82) is 0 Å². The highest BCUT2D eigenvalue weighted by Crippen LogP contribution is 2.25. The summed E-state index contributed by atoms with van der Waals surface area (Å²) >= 11 is 0. The van der Waals surface area contributed by atoms with Crippen molar-refractivity contribution in [2.45, 2.75) is 39.8 Å². The number of hydrogen-bond donors (Lipinski definition) is 0. The molecule has 0 aromatic carbocycles. The molecule has 0 aliphatic rings. The maximum Gasteiger partial charge on any atom is 0.449 e. The van der Waals surface area contributed by atoms with E-state index in [1.54, 1.807) is 20.8 Å². The van der Waals surface area contributed by atoms with Gasteiger partial charge < -0.3 is 0 Å². The molecular weight excluding hydrogens is 169 g/mol. The zero-order valence-electron chi connectivity index (χ0n) is 7.46.